The van der Waals surface area contributed by atoms with Crippen LogP contribution in [0, 0.1) is 0 Å². The van der Waals surface area contributed by atoms with Crippen molar-refractivity contribution in [1.29, 1.82) is 0 Å². The number of hydrogen-bond donors (Lipinski definition) is 2. The standard InChI is InChI=1S/C14H16F3N3O2/c15-14(16,17)11-4-3-10(12(21)19-11)13(22)20-6-5-8-1-2-9(7-20)18-8/h3-4,8-9,18H,1-2,5-7H2,(H,19,21). The number of carbonyl (C=O) groups is 1. The van der Waals surface area contributed by atoms with E-state index in [4.69, 9.17) is 0 Å². The van der Waals surface area contributed by atoms with Gasteiger partial charge in [-0.05, 0) is 31.4 Å². The molecule has 8 heteroatoms. The van der Waals surface area contributed by atoms with Crippen LogP contribution in [0.4, 0.5) is 13.2 Å². The van der Waals surface area contributed by atoms with Crippen molar-refractivity contribution in [3.05, 3.63) is 33.7 Å². The van der Waals surface area contributed by atoms with E-state index in [1.807, 2.05) is 0 Å². The van der Waals surface area contributed by atoms with Crippen molar-refractivity contribution in [3.8, 4) is 0 Å². The number of fused-ring (bicyclic) bond motifs is 2. The van der Waals surface area contributed by atoms with E-state index in [1.54, 1.807) is 9.88 Å². The van der Waals surface area contributed by atoms with E-state index in [2.05, 4.69) is 5.32 Å². The smallest absolute Gasteiger partial charge is 0.337 e. The summed E-state index contributed by atoms with van der Waals surface area (Å²) in [4.78, 5) is 27.5. The van der Waals surface area contributed by atoms with E-state index in [-0.39, 0.29) is 11.6 Å². The lowest BCUT2D eigenvalue weighted by Crippen LogP contribution is -2.41. The minimum atomic E-state index is -4.63. The average Bonchev–Trinajstić information content (AvgIpc) is 2.76. The summed E-state index contributed by atoms with van der Waals surface area (Å²) >= 11 is 0. The van der Waals surface area contributed by atoms with Crippen molar-refractivity contribution in [1.82, 2.24) is 15.2 Å². The minimum Gasteiger partial charge on any atom is -0.337 e. The molecule has 120 valence electrons. The summed E-state index contributed by atoms with van der Waals surface area (Å²) in [5.41, 5.74) is -2.39. The van der Waals surface area contributed by atoms with Crippen LogP contribution in [0.1, 0.15) is 35.3 Å². The summed E-state index contributed by atoms with van der Waals surface area (Å²) in [6, 6.07) is 2.27. The van der Waals surface area contributed by atoms with Crippen molar-refractivity contribution in [2.24, 2.45) is 0 Å². The fourth-order valence-electron chi connectivity index (χ4n) is 3.11. The number of H-pyrrole nitrogens is 1. The Morgan fingerprint density at radius 2 is 1.91 bits per heavy atom. The summed E-state index contributed by atoms with van der Waals surface area (Å²) < 4.78 is 37.6. The lowest BCUT2D eigenvalue weighted by Gasteiger charge is -2.24. The van der Waals surface area contributed by atoms with Gasteiger partial charge in [-0.15, -0.1) is 0 Å². The fourth-order valence-corrected chi connectivity index (χ4v) is 3.11. The van der Waals surface area contributed by atoms with Crippen LogP contribution in [0.15, 0.2) is 16.9 Å². The van der Waals surface area contributed by atoms with Crippen LogP contribution in [0.25, 0.3) is 0 Å². The number of rotatable bonds is 1. The third kappa shape index (κ3) is 2.87. The largest absolute Gasteiger partial charge is 0.431 e. The lowest BCUT2D eigenvalue weighted by atomic mass is 10.1. The Balaban J connectivity index is 1.81. The quantitative estimate of drug-likeness (QED) is 0.822. The number of nitrogens with zero attached hydrogens (tertiary/aromatic N) is 1. The molecule has 3 heterocycles. The van der Waals surface area contributed by atoms with E-state index in [0.29, 0.717) is 19.1 Å². The highest BCUT2D eigenvalue weighted by Gasteiger charge is 2.34. The second-order valence-electron chi connectivity index (χ2n) is 5.79. The van der Waals surface area contributed by atoms with E-state index >= 15 is 0 Å². The first-order chi connectivity index (χ1) is 10.3. The Hall–Kier alpha value is -1.83. The molecule has 1 aromatic heterocycles. The first-order valence-corrected chi connectivity index (χ1v) is 7.20. The first-order valence-electron chi connectivity index (χ1n) is 7.20. The van der Waals surface area contributed by atoms with Crippen molar-refractivity contribution in [2.45, 2.75) is 37.5 Å². The normalized spacial score (nSPS) is 25.1. The molecular formula is C14H16F3N3O2. The summed E-state index contributed by atoms with van der Waals surface area (Å²) in [6.07, 6.45) is -1.79. The van der Waals surface area contributed by atoms with Gasteiger partial charge in [-0.2, -0.15) is 13.2 Å². The number of alkyl halides is 3. The third-order valence-electron chi connectivity index (χ3n) is 4.26. The molecule has 2 aliphatic rings. The van der Waals surface area contributed by atoms with Crippen LogP contribution < -0.4 is 10.9 Å². The molecule has 0 aromatic carbocycles. The number of likely N-dealkylation sites (tertiary alicyclic amines) is 1. The summed E-state index contributed by atoms with van der Waals surface area (Å²) in [7, 11) is 0. The summed E-state index contributed by atoms with van der Waals surface area (Å²) in [5.74, 6) is -0.510. The fraction of sp³-hybridized carbons (Fsp3) is 0.571. The number of aromatic amines is 1. The van der Waals surface area contributed by atoms with Gasteiger partial charge in [0.1, 0.15) is 11.3 Å². The molecule has 22 heavy (non-hydrogen) atoms. The highest BCUT2D eigenvalue weighted by molar-refractivity contribution is 5.93. The molecular weight excluding hydrogens is 299 g/mol. The van der Waals surface area contributed by atoms with E-state index in [1.165, 1.54) is 0 Å². The molecule has 0 saturated carbocycles. The minimum absolute atomic E-state index is 0.199. The number of halogens is 3. The molecule has 2 saturated heterocycles. The van der Waals surface area contributed by atoms with Gasteiger partial charge < -0.3 is 15.2 Å². The van der Waals surface area contributed by atoms with Gasteiger partial charge in [-0.1, -0.05) is 0 Å². The molecule has 0 radical (unpaired) electrons. The van der Waals surface area contributed by atoms with E-state index < -0.39 is 23.3 Å². The monoisotopic (exact) mass is 315 g/mol. The Morgan fingerprint density at radius 3 is 2.59 bits per heavy atom. The molecule has 1 amide bonds. The number of carbonyl (C=O) groups excluding carboxylic acids is 1. The number of amides is 1. The van der Waals surface area contributed by atoms with E-state index in [9.17, 15) is 22.8 Å². The van der Waals surface area contributed by atoms with Crippen molar-refractivity contribution < 1.29 is 18.0 Å². The molecule has 5 nitrogen and oxygen atoms in total. The van der Waals surface area contributed by atoms with Crippen LogP contribution in [-0.2, 0) is 6.18 Å². The van der Waals surface area contributed by atoms with Gasteiger partial charge in [0, 0.05) is 25.2 Å². The van der Waals surface area contributed by atoms with Gasteiger partial charge in [0.15, 0.2) is 0 Å². The Bertz CT molecular complexity index is 641. The molecule has 2 N–H and O–H groups in total. The number of aromatic nitrogens is 1. The summed E-state index contributed by atoms with van der Waals surface area (Å²) in [6.45, 7) is 0.989. The number of pyridine rings is 1. The molecule has 2 bridgehead atoms. The molecule has 2 atom stereocenters. The van der Waals surface area contributed by atoms with Gasteiger partial charge in [0.05, 0.1) is 0 Å². The van der Waals surface area contributed by atoms with Gasteiger partial charge >= 0.3 is 6.18 Å². The molecule has 1 aromatic rings. The maximum absolute atomic E-state index is 12.5. The molecule has 2 aliphatic heterocycles. The maximum atomic E-state index is 12.5. The van der Waals surface area contributed by atoms with Gasteiger partial charge in [0.2, 0.25) is 0 Å². The summed E-state index contributed by atoms with van der Waals surface area (Å²) in [5, 5.41) is 3.40. The van der Waals surface area contributed by atoms with Crippen LogP contribution in [0.3, 0.4) is 0 Å². The molecule has 2 fully saturated rings. The zero-order valence-corrected chi connectivity index (χ0v) is 11.7. The van der Waals surface area contributed by atoms with Crippen molar-refractivity contribution in [3.63, 3.8) is 0 Å². The van der Waals surface area contributed by atoms with Gasteiger partial charge in [0.25, 0.3) is 11.5 Å². The topological polar surface area (TPSA) is 65.2 Å². The Morgan fingerprint density at radius 1 is 1.18 bits per heavy atom. The second kappa shape index (κ2) is 5.42. The SMILES string of the molecule is O=C(c1ccc(C(F)(F)F)[nH]c1=O)N1CCC2CCC(C1)N2. The van der Waals surface area contributed by atoms with Crippen molar-refractivity contribution >= 4 is 5.91 Å². The number of hydrogen-bond acceptors (Lipinski definition) is 3. The third-order valence-corrected chi connectivity index (χ3v) is 4.26. The molecule has 0 aliphatic carbocycles. The molecule has 2 unspecified atom stereocenters. The van der Waals surface area contributed by atoms with Crippen LogP contribution in [-0.4, -0.2) is 41.0 Å². The molecule has 3 rings (SSSR count). The second-order valence-corrected chi connectivity index (χ2v) is 5.79. The number of nitrogens with one attached hydrogen (secondary N) is 2. The van der Waals surface area contributed by atoms with Crippen LogP contribution in [0.5, 0.6) is 0 Å². The predicted octanol–water partition coefficient (Wildman–Crippen LogP) is 1.36. The zero-order chi connectivity index (χ0) is 15.9. The molecule has 0 spiro atoms. The highest BCUT2D eigenvalue weighted by atomic mass is 19.4. The lowest BCUT2D eigenvalue weighted by molar-refractivity contribution is -0.141. The van der Waals surface area contributed by atoms with Crippen LogP contribution in [0.2, 0.25) is 0 Å². The zero-order valence-electron chi connectivity index (χ0n) is 11.7. The Labute approximate surface area is 124 Å². The van der Waals surface area contributed by atoms with Crippen LogP contribution >= 0.6 is 0 Å². The van der Waals surface area contributed by atoms with E-state index in [0.717, 1.165) is 31.4 Å². The maximum Gasteiger partial charge on any atom is 0.431 e. The Kier molecular flexibility index (Phi) is 3.72. The van der Waals surface area contributed by atoms with Gasteiger partial charge in [-0.25, -0.2) is 0 Å². The predicted molar refractivity (Wildman–Crippen MR) is 72.5 cm³/mol. The highest BCUT2D eigenvalue weighted by Crippen LogP contribution is 2.26. The first kappa shape index (κ1) is 15.1. The van der Waals surface area contributed by atoms with Gasteiger partial charge in [-0.3, -0.25) is 9.59 Å². The van der Waals surface area contributed by atoms with Crippen molar-refractivity contribution in [2.75, 3.05) is 13.1 Å². The average molecular weight is 315 g/mol.